The zero-order valence-electron chi connectivity index (χ0n) is 11.5. The molecule has 1 aliphatic rings. The molecule has 2 N–H and O–H groups in total. The van der Waals surface area contributed by atoms with E-state index < -0.39 is 0 Å². The van der Waals surface area contributed by atoms with Gasteiger partial charge >= 0.3 is 0 Å². The number of carbonyl (C=O) groups excluding carboxylic acids is 1. The molecule has 110 valence electrons. The van der Waals surface area contributed by atoms with Crippen LogP contribution in [0.2, 0.25) is 10.0 Å². The van der Waals surface area contributed by atoms with Gasteiger partial charge in [0, 0.05) is 19.6 Å². The van der Waals surface area contributed by atoms with Crippen LogP contribution in [-0.4, -0.2) is 36.6 Å². The molecule has 5 nitrogen and oxygen atoms in total. The quantitative estimate of drug-likeness (QED) is 0.896. The van der Waals surface area contributed by atoms with Crippen LogP contribution in [-0.2, 0) is 4.79 Å². The van der Waals surface area contributed by atoms with Crippen LogP contribution in [0.1, 0.15) is 20.3 Å². The monoisotopic (exact) mass is 316 g/mol. The number of halogens is 2. The Morgan fingerprint density at radius 3 is 2.95 bits per heavy atom. The van der Waals surface area contributed by atoms with Crippen LogP contribution in [0.15, 0.2) is 6.07 Å². The molecule has 0 radical (unpaired) electrons. The van der Waals surface area contributed by atoms with Crippen LogP contribution in [0.3, 0.4) is 0 Å². The zero-order chi connectivity index (χ0) is 14.7. The van der Waals surface area contributed by atoms with E-state index in [1.165, 1.54) is 0 Å². The number of aromatic nitrogens is 1. The molecule has 0 saturated carbocycles. The van der Waals surface area contributed by atoms with Crippen molar-refractivity contribution in [2.24, 2.45) is 0 Å². The van der Waals surface area contributed by atoms with E-state index in [2.05, 4.69) is 22.5 Å². The van der Waals surface area contributed by atoms with Crippen molar-refractivity contribution in [1.29, 1.82) is 0 Å². The molecule has 1 unspecified atom stereocenters. The molecule has 7 heteroatoms. The summed E-state index contributed by atoms with van der Waals surface area (Å²) < 4.78 is 0. The summed E-state index contributed by atoms with van der Waals surface area (Å²) in [4.78, 5) is 18.1. The molecule has 2 rings (SSSR count). The predicted octanol–water partition coefficient (Wildman–Crippen LogP) is 2.54. The molecule has 0 bridgehead atoms. The van der Waals surface area contributed by atoms with Gasteiger partial charge in [-0.1, -0.05) is 30.1 Å². The molecule has 1 aliphatic heterocycles. The number of piperazine rings is 1. The Kier molecular flexibility index (Phi) is 4.94. The highest BCUT2D eigenvalue weighted by molar-refractivity contribution is 6.37. The van der Waals surface area contributed by atoms with E-state index in [1.54, 1.807) is 6.07 Å². The van der Waals surface area contributed by atoms with E-state index in [0.717, 1.165) is 13.0 Å². The zero-order valence-corrected chi connectivity index (χ0v) is 13.1. The lowest BCUT2D eigenvalue weighted by molar-refractivity contribution is -0.122. The molecule has 2 heterocycles. The average molecular weight is 317 g/mol. The van der Waals surface area contributed by atoms with Crippen LogP contribution >= 0.6 is 23.2 Å². The number of nitrogens with zero attached hydrogens (tertiary/aromatic N) is 2. The van der Waals surface area contributed by atoms with Gasteiger partial charge in [0.1, 0.15) is 11.9 Å². The van der Waals surface area contributed by atoms with Crippen molar-refractivity contribution in [2.45, 2.75) is 26.3 Å². The highest BCUT2D eigenvalue weighted by atomic mass is 35.5. The number of carbonyl (C=O) groups is 1. The second kappa shape index (κ2) is 6.50. The van der Waals surface area contributed by atoms with Crippen LogP contribution < -0.4 is 15.5 Å². The Hall–Kier alpha value is -1.20. The number of hydrogen-bond donors (Lipinski definition) is 2. The first-order chi connectivity index (χ1) is 9.54. The minimum absolute atomic E-state index is 0.0212. The fourth-order valence-electron chi connectivity index (χ4n) is 2.10. The summed E-state index contributed by atoms with van der Waals surface area (Å²) in [6.45, 7) is 5.94. The second-order valence-corrected chi connectivity index (χ2v) is 5.53. The van der Waals surface area contributed by atoms with Crippen molar-refractivity contribution in [1.82, 2.24) is 10.3 Å². The van der Waals surface area contributed by atoms with Gasteiger partial charge in [0.15, 0.2) is 5.82 Å². The summed E-state index contributed by atoms with van der Waals surface area (Å²) in [6, 6.07) is 1.37. The maximum Gasteiger partial charge on any atom is 0.242 e. The Bertz CT molecular complexity index is 509. The molecule has 1 amide bonds. The van der Waals surface area contributed by atoms with Gasteiger partial charge in [0.25, 0.3) is 0 Å². The molecular formula is C13H18Cl2N4O. The Morgan fingerprint density at radius 1 is 1.50 bits per heavy atom. The van der Waals surface area contributed by atoms with Crippen LogP contribution in [0.4, 0.5) is 11.6 Å². The van der Waals surface area contributed by atoms with Gasteiger partial charge < -0.3 is 15.5 Å². The molecule has 1 aromatic rings. The van der Waals surface area contributed by atoms with Crippen molar-refractivity contribution >= 4 is 40.7 Å². The third-order valence-electron chi connectivity index (χ3n) is 3.22. The largest absolute Gasteiger partial charge is 0.369 e. The minimum atomic E-state index is -0.297. The molecule has 0 spiro atoms. The van der Waals surface area contributed by atoms with Crippen molar-refractivity contribution in [3.8, 4) is 0 Å². The summed E-state index contributed by atoms with van der Waals surface area (Å²) in [6.07, 6.45) is 0.971. The fraction of sp³-hybridized carbons (Fsp3) is 0.538. The first kappa shape index (κ1) is 15.2. The van der Waals surface area contributed by atoms with Gasteiger partial charge in [-0.2, -0.15) is 0 Å². The Morgan fingerprint density at radius 2 is 2.25 bits per heavy atom. The number of nitrogens with one attached hydrogen (secondary N) is 2. The molecule has 1 fully saturated rings. The van der Waals surface area contributed by atoms with Crippen molar-refractivity contribution in [2.75, 3.05) is 29.9 Å². The van der Waals surface area contributed by atoms with E-state index in [4.69, 9.17) is 23.2 Å². The van der Waals surface area contributed by atoms with Gasteiger partial charge in [0.2, 0.25) is 5.91 Å². The number of anilines is 2. The van der Waals surface area contributed by atoms with E-state index in [9.17, 15) is 4.79 Å². The van der Waals surface area contributed by atoms with Gasteiger partial charge in [-0.05, 0) is 19.4 Å². The minimum Gasteiger partial charge on any atom is -0.369 e. The van der Waals surface area contributed by atoms with Crippen LogP contribution in [0.25, 0.3) is 0 Å². The standard InChI is InChI=1S/C13H18Cl2N4O/c1-3-4-16-11-9(14)7-10(15)12(18-11)19-6-5-17-13(20)8(19)2/h7-8H,3-6H2,1-2H3,(H,16,18)(H,17,20). The highest BCUT2D eigenvalue weighted by Gasteiger charge is 2.28. The normalized spacial score (nSPS) is 18.9. The first-order valence-corrected chi connectivity index (χ1v) is 7.44. The van der Waals surface area contributed by atoms with Crippen LogP contribution in [0.5, 0.6) is 0 Å². The van der Waals surface area contributed by atoms with Crippen molar-refractivity contribution in [3.63, 3.8) is 0 Å². The third kappa shape index (κ3) is 3.10. The van der Waals surface area contributed by atoms with Crippen molar-refractivity contribution in [3.05, 3.63) is 16.1 Å². The van der Waals surface area contributed by atoms with E-state index in [1.807, 2.05) is 11.8 Å². The second-order valence-electron chi connectivity index (χ2n) is 4.71. The highest BCUT2D eigenvalue weighted by Crippen LogP contribution is 2.32. The maximum absolute atomic E-state index is 11.7. The average Bonchev–Trinajstić information content (AvgIpc) is 2.41. The van der Waals surface area contributed by atoms with Gasteiger partial charge in [-0.15, -0.1) is 0 Å². The van der Waals surface area contributed by atoms with E-state index >= 15 is 0 Å². The fourth-order valence-corrected chi connectivity index (χ4v) is 2.63. The maximum atomic E-state index is 11.7. The topological polar surface area (TPSA) is 57.3 Å². The molecule has 1 aromatic heterocycles. The number of hydrogen-bond acceptors (Lipinski definition) is 4. The lowest BCUT2D eigenvalue weighted by atomic mass is 10.2. The number of rotatable bonds is 4. The molecule has 0 aliphatic carbocycles. The summed E-state index contributed by atoms with van der Waals surface area (Å²) in [5.74, 6) is 1.18. The van der Waals surface area contributed by atoms with E-state index in [-0.39, 0.29) is 11.9 Å². The van der Waals surface area contributed by atoms with E-state index in [0.29, 0.717) is 34.8 Å². The number of amides is 1. The van der Waals surface area contributed by atoms with Gasteiger partial charge in [0.05, 0.1) is 10.0 Å². The number of pyridine rings is 1. The van der Waals surface area contributed by atoms with Gasteiger partial charge in [-0.25, -0.2) is 4.98 Å². The molecular weight excluding hydrogens is 299 g/mol. The molecule has 1 atom stereocenters. The molecule has 0 aromatic carbocycles. The molecule has 1 saturated heterocycles. The predicted molar refractivity (Wildman–Crippen MR) is 82.9 cm³/mol. The summed E-state index contributed by atoms with van der Waals surface area (Å²) in [7, 11) is 0. The van der Waals surface area contributed by atoms with Crippen molar-refractivity contribution < 1.29 is 4.79 Å². The lowest BCUT2D eigenvalue weighted by Crippen LogP contribution is -2.54. The smallest absolute Gasteiger partial charge is 0.242 e. The Labute approximate surface area is 128 Å². The summed E-state index contributed by atoms with van der Waals surface area (Å²) >= 11 is 12.4. The van der Waals surface area contributed by atoms with Crippen LogP contribution in [0, 0.1) is 0 Å². The van der Waals surface area contributed by atoms with Gasteiger partial charge in [-0.3, -0.25) is 4.79 Å². The first-order valence-electron chi connectivity index (χ1n) is 6.68. The molecule has 20 heavy (non-hydrogen) atoms. The summed E-state index contributed by atoms with van der Waals surface area (Å²) in [5, 5.41) is 6.93. The Balaban J connectivity index is 2.32. The lowest BCUT2D eigenvalue weighted by Gasteiger charge is -2.34. The third-order valence-corrected chi connectivity index (χ3v) is 3.79. The SMILES string of the molecule is CCCNc1nc(N2CCNC(=O)C2C)c(Cl)cc1Cl. The summed E-state index contributed by atoms with van der Waals surface area (Å²) in [5.41, 5.74) is 0.